The number of hydrogen-bond acceptors (Lipinski definition) is 5. The lowest BCUT2D eigenvalue weighted by Crippen LogP contribution is -2.31. The van der Waals surface area contributed by atoms with E-state index >= 15 is 0 Å². The minimum atomic E-state index is -0.953. The molecule has 20 heavy (non-hydrogen) atoms. The van der Waals surface area contributed by atoms with Crippen LogP contribution in [0.2, 0.25) is 0 Å². The van der Waals surface area contributed by atoms with Crippen LogP contribution < -0.4 is 5.32 Å². The van der Waals surface area contributed by atoms with Gasteiger partial charge in [0.25, 0.3) is 0 Å². The van der Waals surface area contributed by atoms with Crippen molar-refractivity contribution in [2.75, 3.05) is 18.5 Å². The number of nitrogens with zero attached hydrogens (tertiary/aromatic N) is 2. The molecule has 110 valence electrons. The summed E-state index contributed by atoms with van der Waals surface area (Å²) in [5, 5.41) is 20.9. The van der Waals surface area contributed by atoms with E-state index in [0.29, 0.717) is 25.3 Å². The summed E-state index contributed by atoms with van der Waals surface area (Å²) in [6.45, 7) is 5.25. The molecule has 0 radical (unpaired) electrons. The molecule has 0 spiro atoms. The average molecular weight is 279 g/mol. The van der Waals surface area contributed by atoms with Gasteiger partial charge in [0.2, 0.25) is 0 Å². The summed E-state index contributed by atoms with van der Waals surface area (Å²) in [7, 11) is 0. The van der Waals surface area contributed by atoms with Gasteiger partial charge in [0, 0.05) is 6.61 Å². The summed E-state index contributed by atoms with van der Waals surface area (Å²) in [6.07, 6.45) is 3.25. The molecule has 0 amide bonds. The van der Waals surface area contributed by atoms with E-state index in [1.807, 2.05) is 13.8 Å². The van der Waals surface area contributed by atoms with E-state index in [9.17, 15) is 9.90 Å². The van der Waals surface area contributed by atoms with Gasteiger partial charge >= 0.3 is 5.97 Å². The molecule has 1 unspecified atom stereocenters. The summed E-state index contributed by atoms with van der Waals surface area (Å²) >= 11 is 0. The Morgan fingerprint density at radius 3 is 2.75 bits per heavy atom. The minimum absolute atomic E-state index is 0.105. The van der Waals surface area contributed by atoms with Crippen LogP contribution in [0, 0.1) is 0 Å². The Morgan fingerprint density at radius 1 is 1.40 bits per heavy atom. The number of carboxylic acid groups (broad SMARTS) is 1. The molecule has 6 nitrogen and oxygen atoms in total. The van der Waals surface area contributed by atoms with E-state index in [2.05, 4.69) is 15.5 Å². The largest absolute Gasteiger partial charge is 0.478 e. The zero-order valence-corrected chi connectivity index (χ0v) is 12.0. The number of ether oxygens (including phenoxy) is 1. The van der Waals surface area contributed by atoms with Crippen molar-refractivity contribution in [3.05, 3.63) is 16.8 Å². The third kappa shape index (κ3) is 3.07. The molecule has 1 fully saturated rings. The van der Waals surface area contributed by atoms with Crippen molar-refractivity contribution in [1.82, 2.24) is 10.2 Å². The summed E-state index contributed by atoms with van der Waals surface area (Å²) in [6, 6.07) is 0.105. The Bertz CT molecular complexity index is 485. The van der Waals surface area contributed by atoms with Crippen molar-refractivity contribution >= 4 is 11.8 Å². The van der Waals surface area contributed by atoms with Crippen LogP contribution in [-0.2, 0) is 17.6 Å². The molecule has 1 aromatic rings. The third-order valence-corrected chi connectivity index (χ3v) is 3.56. The number of hydrogen-bond donors (Lipinski definition) is 2. The highest BCUT2D eigenvalue weighted by atomic mass is 16.5. The van der Waals surface area contributed by atoms with Crippen LogP contribution in [0.4, 0.5) is 5.82 Å². The first-order chi connectivity index (χ1) is 9.67. The van der Waals surface area contributed by atoms with Gasteiger partial charge in [0.15, 0.2) is 5.82 Å². The van der Waals surface area contributed by atoms with Crippen molar-refractivity contribution in [2.24, 2.45) is 0 Å². The molecule has 1 aromatic heterocycles. The van der Waals surface area contributed by atoms with Crippen LogP contribution in [0.1, 0.15) is 48.3 Å². The summed E-state index contributed by atoms with van der Waals surface area (Å²) in [5.74, 6) is -0.590. The van der Waals surface area contributed by atoms with E-state index < -0.39 is 5.97 Å². The summed E-state index contributed by atoms with van der Waals surface area (Å²) in [5.41, 5.74) is 1.79. The van der Waals surface area contributed by atoms with Crippen molar-refractivity contribution < 1.29 is 14.6 Å². The molecule has 1 saturated heterocycles. The van der Waals surface area contributed by atoms with Crippen LogP contribution in [0.15, 0.2) is 0 Å². The Morgan fingerprint density at radius 2 is 2.20 bits per heavy atom. The molecule has 2 heterocycles. The molecular formula is C14H21N3O3. The number of anilines is 1. The van der Waals surface area contributed by atoms with Crippen LogP contribution in [0.5, 0.6) is 0 Å². The molecular weight excluding hydrogens is 258 g/mol. The quantitative estimate of drug-likeness (QED) is 0.856. The topological polar surface area (TPSA) is 84.3 Å². The van der Waals surface area contributed by atoms with Gasteiger partial charge in [-0.1, -0.05) is 13.8 Å². The van der Waals surface area contributed by atoms with Crippen molar-refractivity contribution in [1.29, 1.82) is 0 Å². The molecule has 0 aliphatic carbocycles. The van der Waals surface area contributed by atoms with Gasteiger partial charge in [0.05, 0.1) is 18.3 Å². The molecule has 0 bridgehead atoms. The summed E-state index contributed by atoms with van der Waals surface area (Å²) in [4.78, 5) is 11.6. The first-order valence-corrected chi connectivity index (χ1v) is 7.13. The van der Waals surface area contributed by atoms with Crippen LogP contribution in [0.3, 0.4) is 0 Å². The number of aromatic carboxylic acids is 1. The molecule has 1 atom stereocenters. The minimum Gasteiger partial charge on any atom is -0.478 e. The van der Waals surface area contributed by atoms with E-state index in [1.165, 1.54) is 0 Å². The Labute approximate surface area is 118 Å². The smallest absolute Gasteiger partial charge is 0.339 e. The highest BCUT2D eigenvalue weighted by Crippen LogP contribution is 2.23. The van der Waals surface area contributed by atoms with Crippen molar-refractivity contribution in [3.63, 3.8) is 0 Å². The first-order valence-electron chi connectivity index (χ1n) is 7.13. The van der Waals surface area contributed by atoms with E-state index in [1.54, 1.807) is 0 Å². The first kappa shape index (κ1) is 14.7. The Balaban J connectivity index is 2.33. The second kappa shape index (κ2) is 6.65. The zero-order valence-electron chi connectivity index (χ0n) is 12.0. The van der Waals surface area contributed by atoms with E-state index in [0.717, 1.165) is 30.7 Å². The SMILES string of the molecule is CCc1nnc(NC2CCCOC2)c(C(=O)O)c1CC. The fourth-order valence-electron chi connectivity index (χ4n) is 2.55. The van der Waals surface area contributed by atoms with Gasteiger partial charge in [-0.05, 0) is 31.2 Å². The van der Waals surface area contributed by atoms with Gasteiger partial charge < -0.3 is 15.2 Å². The van der Waals surface area contributed by atoms with Gasteiger partial charge in [-0.15, -0.1) is 5.10 Å². The van der Waals surface area contributed by atoms with Crippen LogP contribution in [0.25, 0.3) is 0 Å². The van der Waals surface area contributed by atoms with Gasteiger partial charge in [-0.25, -0.2) is 4.79 Å². The lowest BCUT2D eigenvalue weighted by atomic mass is 10.0. The number of aryl methyl sites for hydroxylation is 1. The van der Waals surface area contributed by atoms with Crippen LogP contribution in [-0.4, -0.2) is 40.5 Å². The molecule has 2 N–H and O–H groups in total. The third-order valence-electron chi connectivity index (χ3n) is 3.56. The lowest BCUT2D eigenvalue weighted by Gasteiger charge is -2.24. The van der Waals surface area contributed by atoms with E-state index in [-0.39, 0.29) is 11.6 Å². The van der Waals surface area contributed by atoms with Crippen molar-refractivity contribution in [2.45, 2.75) is 45.6 Å². The fourth-order valence-corrected chi connectivity index (χ4v) is 2.55. The predicted octanol–water partition coefficient (Wildman–Crippen LogP) is 1.89. The molecule has 0 aromatic carbocycles. The zero-order chi connectivity index (χ0) is 14.5. The highest BCUT2D eigenvalue weighted by molar-refractivity contribution is 5.95. The Hall–Kier alpha value is -1.69. The average Bonchev–Trinajstić information content (AvgIpc) is 2.47. The second-order valence-corrected chi connectivity index (χ2v) is 4.92. The second-order valence-electron chi connectivity index (χ2n) is 4.92. The molecule has 6 heteroatoms. The maximum absolute atomic E-state index is 11.6. The lowest BCUT2D eigenvalue weighted by molar-refractivity contribution is 0.0694. The van der Waals surface area contributed by atoms with Crippen LogP contribution >= 0.6 is 0 Å². The standard InChI is InChI=1S/C14H21N3O3/c1-3-10-11(4-2)16-17-13(12(10)14(18)19)15-9-6-5-7-20-8-9/h9H,3-8H2,1-2H3,(H,15,17)(H,18,19). The predicted molar refractivity (Wildman–Crippen MR) is 75.2 cm³/mol. The van der Waals surface area contributed by atoms with Gasteiger partial charge in [-0.2, -0.15) is 5.10 Å². The summed E-state index contributed by atoms with van der Waals surface area (Å²) < 4.78 is 5.40. The number of carboxylic acids is 1. The van der Waals surface area contributed by atoms with Crippen molar-refractivity contribution in [3.8, 4) is 0 Å². The fraction of sp³-hybridized carbons (Fsp3) is 0.643. The maximum atomic E-state index is 11.6. The molecule has 0 saturated carbocycles. The maximum Gasteiger partial charge on any atom is 0.339 e. The molecule has 1 aliphatic heterocycles. The Kier molecular flexibility index (Phi) is 4.89. The number of carbonyl (C=O) groups is 1. The molecule has 1 aliphatic rings. The van der Waals surface area contributed by atoms with Gasteiger partial charge in [-0.3, -0.25) is 0 Å². The number of nitrogens with one attached hydrogen (secondary N) is 1. The number of aromatic nitrogens is 2. The van der Waals surface area contributed by atoms with E-state index in [4.69, 9.17) is 4.74 Å². The monoisotopic (exact) mass is 279 g/mol. The van der Waals surface area contributed by atoms with Gasteiger partial charge in [0.1, 0.15) is 5.56 Å². The molecule has 2 rings (SSSR count). The normalized spacial score (nSPS) is 18.8. The highest BCUT2D eigenvalue weighted by Gasteiger charge is 2.23. The number of rotatable bonds is 5.